The fourth-order valence-corrected chi connectivity index (χ4v) is 2.49. The maximum Gasteiger partial charge on any atom is 0.0926 e. The van der Waals surface area contributed by atoms with E-state index in [1.807, 2.05) is 4.68 Å². The summed E-state index contributed by atoms with van der Waals surface area (Å²) in [5, 5.41) is 5.85. The van der Waals surface area contributed by atoms with Crippen molar-refractivity contribution in [2.24, 2.45) is 11.7 Å². The van der Waals surface area contributed by atoms with Gasteiger partial charge in [0.25, 0.3) is 0 Å². The van der Waals surface area contributed by atoms with Crippen LogP contribution >= 0.6 is 0 Å². The van der Waals surface area contributed by atoms with Gasteiger partial charge in [0.15, 0.2) is 0 Å². The number of hydrogen-bond acceptors (Lipinski definition) is 2. The maximum absolute atomic E-state index is 5.72. The van der Waals surface area contributed by atoms with Gasteiger partial charge < -0.3 is 5.73 Å². The van der Waals surface area contributed by atoms with Crippen molar-refractivity contribution in [3.8, 4) is 0 Å². The minimum atomic E-state index is 0.670. The third kappa shape index (κ3) is 1.43. The Morgan fingerprint density at radius 1 is 1.50 bits per heavy atom. The maximum atomic E-state index is 5.72. The van der Waals surface area contributed by atoms with E-state index in [2.05, 4.69) is 36.4 Å². The molecule has 2 unspecified atom stereocenters. The molecule has 3 rings (SSSR count). The van der Waals surface area contributed by atoms with Gasteiger partial charge in [0.1, 0.15) is 0 Å². The minimum absolute atomic E-state index is 0.670. The van der Waals surface area contributed by atoms with Crippen molar-refractivity contribution < 1.29 is 0 Å². The van der Waals surface area contributed by atoms with Crippen molar-refractivity contribution in [2.45, 2.75) is 25.8 Å². The number of benzene rings is 1. The van der Waals surface area contributed by atoms with E-state index < -0.39 is 0 Å². The van der Waals surface area contributed by atoms with Crippen molar-refractivity contribution in [1.82, 2.24) is 9.78 Å². The Hall–Kier alpha value is -1.35. The Kier molecular flexibility index (Phi) is 2.21. The van der Waals surface area contributed by atoms with Crippen LogP contribution in [0.15, 0.2) is 24.4 Å². The first-order valence-corrected chi connectivity index (χ1v) is 5.99. The lowest BCUT2D eigenvalue weighted by Crippen LogP contribution is -2.01. The Bertz CT molecular complexity index is 515. The lowest BCUT2D eigenvalue weighted by atomic mass is 10.0. The van der Waals surface area contributed by atoms with Gasteiger partial charge in [-0.15, -0.1) is 0 Å². The molecule has 3 heteroatoms. The van der Waals surface area contributed by atoms with Gasteiger partial charge in [0.05, 0.1) is 5.52 Å². The topological polar surface area (TPSA) is 43.8 Å². The molecule has 3 nitrogen and oxygen atoms in total. The fraction of sp³-hybridized carbons (Fsp3) is 0.462. The predicted octanol–water partition coefficient (Wildman–Crippen LogP) is 2.12. The van der Waals surface area contributed by atoms with E-state index in [9.17, 15) is 0 Å². The van der Waals surface area contributed by atoms with Crippen molar-refractivity contribution in [1.29, 1.82) is 0 Å². The lowest BCUT2D eigenvalue weighted by Gasteiger charge is -2.00. The first kappa shape index (κ1) is 9.85. The van der Waals surface area contributed by atoms with Gasteiger partial charge in [-0.3, -0.25) is 4.68 Å². The molecule has 1 fully saturated rings. The third-order valence-electron chi connectivity index (χ3n) is 3.58. The molecule has 0 bridgehead atoms. The molecule has 84 valence electrons. The number of nitrogens with zero attached hydrogens (tertiary/aromatic N) is 2. The van der Waals surface area contributed by atoms with E-state index in [1.54, 1.807) is 0 Å². The molecule has 1 aromatic heterocycles. The summed E-state index contributed by atoms with van der Waals surface area (Å²) < 4.78 is 2.01. The van der Waals surface area contributed by atoms with Crippen LogP contribution in [0.2, 0.25) is 0 Å². The fourth-order valence-electron chi connectivity index (χ4n) is 2.49. The molecule has 2 N–H and O–H groups in total. The number of aryl methyl sites for hydroxylation is 1. The van der Waals surface area contributed by atoms with Crippen molar-refractivity contribution >= 4 is 10.9 Å². The van der Waals surface area contributed by atoms with E-state index in [0.29, 0.717) is 11.8 Å². The summed E-state index contributed by atoms with van der Waals surface area (Å²) >= 11 is 0. The summed E-state index contributed by atoms with van der Waals surface area (Å²) in [6.07, 6.45) is 3.41. The van der Waals surface area contributed by atoms with Gasteiger partial charge >= 0.3 is 0 Å². The second-order valence-electron chi connectivity index (χ2n) is 4.60. The number of fused-ring (bicyclic) bond motifs is 1. The van der Waals surface area contributed by atoms with E-state index in [-0.39, 0.29) is 0 Å². The zero-order valence-corrected chi connectivity index (χ0v) is 9.56. The molecule has 2 aromatic rings. The van der Waals surface area contributed by atoms with Crippen LogP contribution in [0.25, 0.3) is 10.9 Å². The van der Waals surface area contributed by atoms with Gasteiger partial charge in [-0.1, -0.05) is 12.1 Å². The second-order valence-corrected chi connectivity index (χ2v) is 4.60. The number of hydrogen-bond donors (Lipinski definition) is 1. The average Bonchev–Trinajstić information content (AvgIpc) is 2.98. The summed E-state index contributed by atoms with van der Waals surface area (Å²) in [5.74, 6) is 1.36. The molecule has 1 aromatic carbocycles. The van der Waals surface area contributed by atoms with E-state index in [0.717, 1.165) is 18.6 Å². The van der Waals surface area contributed by atoms with Gasteiger partial charge in [-0.2, -0.15) is 5.10 Å². The Labute approximate surface area is 95.2 Å². The SMILES string of the molecule is CCn1cc2c(C3CC3CN)cccc2n1. The van der Waals surface area contributed by atoms with Gasteiger partial charge in [-0.05, 0) is 43.4 Å². The van der Waals surface area contributed by atoms with Crippen LogP contribution in [0, 0.1) is 5.92 Å². The summed E-state index contributed by atoms with van der Waals surface area (Å²) in [6.45, 7) is 3.85. The second kappa shape index (κ2) is 3.59. The van der Waals surface area contributed by atoms with Crippen LogP contribution < -0.4 is 5.73 Å². The summed E-state index contributed by atoms with van der Waals surface area (Å²) in [5.41, 5.74) is 8.27. The van der Waals surface area contributed by atoms with Gasteiger partial charge in [0, 0.05) is 18.1 Å². The standard InChI is InChI=1S/C13H17N3/c1-2-16-8-12-10(11-6-9(11)7-14)4-3-5-13(12)15-16/h3-5,8-9,11H,2,6-7,14H2,1H3. The van der Waals surface area contributed by atoms with E-state index in [4.69, 9.17) is 5.73 Å². The quantitative estimate of drug-likeness (QED) is 0.852. The van der Waals surface area contributed by atoms with Crippen LogP contribution in [-0.4, -0.2) is 16.3 Å². The largest absolute Gasteiger partial charge is 0.330 e. The van der Waals surface area contributed by atoms with Crippen molar-refractivity contribution in [3.05, 3.63) is 30.0 Å². The summed E-state index contributed by atoms with van der Waals surface area (Å²) in [7, 11) is 0. The van der Waals surface area contributed by atoms with E-state index in [1.165, 1.54) is 17.4 Å². The molecule has 16 heavy (non-hydrogen) atoms. The summed E-state index contributed by atoms with van der Waals surface area (Å²) in [4.78, 5) is 0. The number of rotatable bonds is 3. The van der Waals surface area contributed by atoms with Gasteiger partial charge in [-0.25, -0.2) is 0 Å². The molecule has 0 saturated heterocycles. The molecule has 0 radical (unpaired) electrons. The molecular formula is C13H17N3. The van der Waals surface area contributed by atoms with Crippen LogP contribution in [-0.2, 0) is 6.54 Å². The Balaban J connectivity index is 2.07. The highest BCUT2D eigenvalue weighted by molar-refractivity contribution is 5.82. The molecule has 0 amide bonds. The lowest BCUT2D eigenvalue weighted by molar-refractivity contribution is 0.668. The molecular weight excluding hydrogens is 198 g/mol. The predicted molar refractivity (Wildman–Crippen MR) is 65.3 cm³/mol. The van der Waals surface area contributed by atoms with Crippen LogP contribution in [0.4, 0.5) is 0 Å². The Morgan fingerprint density at radius 2 is 2.38 bits per heavy atom. The smallest absolute Gasteiger partial charge is 0.0926 e. The van der Waals surface area contributed by atoms with Crippen LogP contribution in [0.3, 0.4) is 0 Å². The third-order valence-corrected chi connectivity index (χ3v) is 3.58. The molecule has 1 aliphatic rings. The van der Waals surface area contributed by atoms with E-state index >= 15 is 0 Å². The highest BCUT2D eigenvalue weighted by atomic mass is 15.3. The number of aromatic nitrogens is 2. The summed E-state index contributed by atoms with van der Waals surface area (Å²) in [6, 6.07) is 6.42. The van der Waals surface area contributed by atoms with Gasteiger partial charge in [0.2, 0.25) is 0 Å². The first-order valence-electron chi connectivity index (χ1n) is 5.99. The van der Waals surface area contributed by atoms with Crippen LogP contribution in [0.1, 0.15) is 24.8 Å². The molecule has 1 saturated carbocycles. The molecule has 0 spiro atoms. The molecule has 2 atom stereocenters. The molecule has 0 aliphatic heterocycles. The molecule has 1 heterocycles. The average molecular weight is 215 g/mol. The van der Waals surface area contributed by atoms with Crippen molar-refractivity contribution in [3.63, 3.8) is 0 Å². The zero-order valence-electron chi connectivity index (χ0n) is 9.56. The van der Waals surface area contributed by atoms with Crippen LogP contribution in [0.5, 0.6) is 0 Å². The Morgan fingerprint density at radius 3 is 3.06 bits per heavy atom. The van der Waals surface area contributed by atoms with Crippen molar-refractivity contribution in [2.75, 3.05) is 6.54 Å². The minimum Gasteiger partial charge on any atom is -0.330 e. The number of nitrogens with two attached hydrogens (primary N) is 1. The first-order chi connectivity index (χ1) is 7.83. The highest BCUT2D eigenvalue weighted by Gasteiger charge is 2.37. The monoisotopic (exact) mass is 215 g/mol. The molecule has 1 aliphatic carbocycles. The zero-order chi connectivity index (χ0) is 11.1. The highest BCUT2D eigenvalue weighted by Crippen LogP contribution is 2.48. The normalized spacial score (nSPS) is 23.9.